The number of hydrogen-bond donors (Lipinski definition) is 8. The summed E-state index contributed by atoms with van der Waals surface area (Å²) in [7, 11) is 0. The summed E-state index contributed by atoms with van der Waals surface area (Å²) in [6.45, 7) is 0.317. The molecule has 0 saturated carbocycles. The number of nitrogens with two attached hydrogens (primary N) is 2. The number of phenols is 1. The Hall–Kier alpha value is -4.49. The van der Waals surface area contributed by atoms with Gasteiger partial charge in [0.05, 0.1) is 12.5 Å². The van der Waals surface area contributed by atoms with Crippen molar-refractivity contribution in [3.63, 3.8) is 0 Å². The van der Waals surface area contributed by atoms with Gasteiger partial charge in [0.2, 0.25) is 17.7 Å². The molecule has 4 atom stereocenters. The maximum absolute atomic E-state index is 13.4. The third-order valence-electron chi connectivity index (χ3n) is 6.22. The van der Waals surface area contributed by atoms with Gasteiger partial charge in [0.15, 0.2) is 0 Å². The summed E-state index contributed by atoms with van der Waals surface area (Å²) >= 11 is 0. The van der Waals surface area contributed by atoms with E-state index in [1.54, 1.807) is 12.1 Å². The number of hydrogen-bond acceptors (Lipinski definition) is 8. The minimum absolute atomic E-state index is 0.00894. The molecular weight excluding hydrogens is 534 g/mol. The lowest BCUT2D eigenvalue weighted by molar-refractivity contribution is -0.147. The Bertz CT molecular complexity index is 1180. The second-order valence-corrected chi connectivity index (χ2v) is 9.57. The number of aromatic hydroxyl groups is 1. The lowest BCUT2D eigenvalue weighted by Crippen LogP contribution is -2.58. The maximum Gasteiger partial charge on any atom is 0.326 e. The fraction of sp³-hybridized carbons (Fsp3) is 0.393. The van der Waals surface area contributed by atoms with Crippen molar-refractivity contribution in [3.8, 4) is 5.75 Å². The molecule has 0 fully saturated rings. The average molecular weight is 572 g/mol. The summed E-state index contributed by atoms with van der Waals surface area (Å²) in [5, 5.41) is 35.3. The minimum Gasteiger partial charge on any atom is -0.508 e. The Morgan fingerprint density at radius 1 is 0.707 bits per heavy atom. The van der Waals surface area contributed by atoms with Crippen LogP contribution in [-0.4, -0.2) is 75.7 Å². The first-order valence-electron chi connectivity index (χ1n) is 13.1. The molecule has 0 radical (unpaired) electrons. The zero-order valence-corrected chi connectivity index (χ0v) is 22.5. The van der Waals surface area contributed by atoms with Gasteiger partial charge in [-0.05, 0) is 55.5 Å². The van der Waals surface area contributed by atoms with E-state index in [2.05, 4.69) is 16.0 Å². The van der Waals surface area contributed by atoms with Crippen molar-refractivity contribution in [2.45, 2.75) is 62.7 Å². The van der Waals surface area contributed by atoms with Crippen molar-refractivity contribution in [2.24, 2.45) is 11.5 Å². The van der Waals surface area contributed by atoms with Crippen molar-refractivity contribution in [1.29, 1.82) is 0 Å². The van der Waals surface area contributed by atoms with Crippen molar-refractivity contribution in [1.82, 2.24) is 16.0 Å². The largest absolute Gasteiger partial charge is 0.508 e. The van der Waals surface area contributed by atoms with E-state index in [1.807, 2.05) is 30.3 Å². The van der Waals surface area contributed by atoms with Gasteiger partial charge in [0.1, 0.15) is 23.9 Å². The number of unbranched alkanes of at least 4 members (excludes halogenated alkanes) is 1. The lowest BCUT2D eigenvalue weighted by atomic mass is 10.0. The van der Waals surface area contributed by atoms with Crippen LogP contribution in [-0.2, 0) is 36.8 Å². The zero-order chi connectivity index (χ0) is 30.4. The summed E-state index contributed by atoms with van der Waals surface area (Å²) < 4.78 is 0. The third kappa shape index (κ3) is 11.6. The Morgan fingerprint density at radius 3 is 1.85 bits per heavy atom. The summed E-state index contributed by atoms with van der Waals surface area (Å²) in [5.74, 6) is -5.20. The summed E-state index contributed by atoms with van der Waals surface area (Å²) in [6, 6.07) is 9.94. The Kier molecular flexibility index (Phi) is 13.2. The third-order valence-corrected chi connectivity index (χ3v) is 6.22. The first-order valence-corrected chi connectivity index (χ1v) is 13.1. The van der Waals surface area contributed by atoms with Crippen LogP contribution in [0.4, 0.5) is 0 Å². The van der Waals surface area contributed by atoms with Gasteiger partial charge in [-0.1, -0.05) is 42.5 Å². The van der Waals surface area contributed by atoms with Crippen LogP contribution in [0.3, 0.4) is 0 Å². The van der Waals surface area contributed by atoms with E-state index in [4.69, 9.17) is 16.6 Å². The van der Waals surface area contributed by atoms with Gasteiger partial charge in [-0.2, -0.15) is 0 Å². The number of carboxylic acids is 2. The number of phenolic OH excluding ortho intramolecular Hbond substituents is 1. The molecule has 2 aromatic rings. The van der Waals surface area contributed by atoms with Gasteiger partial charge in [0.25, 0.3) is 0 Å². The van der Waals surface area contributed by atoms with Crippen LogP contribution < -0.4 is 27.4 Å². The maximum atomic E-state index is 13.4. The summed E-state index contributed by atoms with van der Waals surface area (Å²) in [5.41, 5.74) is 13.1. The first-order chi connectivity index (χ1) is 19.5. The van der Waals surface area contributed by atoms with Gasteiger partial charge in [-0.15, -0.1) is 0 Å². The molecule has 13 heteroatoms. The molecule has 0 aromatic heterocycles. The fourth-order valence-electron chi connectivity index (χ4n) is 4.00. The topological polar surface area (TPSA) is 234 Å². The predicted octanol–water partition coefficient (Wildman–Crippen LogP) is -0.353. The Balaban J connectivity index is 2.24. The molecule has 0 saturated heterocycles. The van der Waals surface area contributed by atoms with Crippen molar-refractivity contribution >= 4 is 29.7 Å². The van der Waals surface area contributed by atoms with Gasteiger partial charge >= 0.3 is 11.9 Å². The number of benzene rings is 2. The molecule has 0 spiro atoms. The first kappa shape index (κ1) is 32.7. The van der Waals surface area contributed by atoms with Gasteiger partial charge in [-0.25, -0.2) is 4.79 Å². The molecule has 0 aliphatic rings. The molecule has 0 heterocycles. The van der Waals surface area contributed by atoms with E-state index in [-0.39, 0.29) is 25.0 Å². The number of carbonyl (C=O) groups is 5. The standard InChI is InChI=1S/C28H37N5O8/c29-13-5-4-8-21(26(38)33-23(28(40)41)16-24(35)36)31-27(39)22(15-18-9-11-19(34)12-10-18)32-25(37)20(30)14-17-6-2-1-3-7-17/h1-3,6-7,9-12,20-23,34H,4-5,8,13-16,29-30H2,(H,31,39)(H,32,37)(H,33,38)(H,35,36)(H,40,41). The van der Waals surface area contributed by atoms with E-state index in [1.165, 1.54) is 12.1 Å². The van der Waals surface area contributed by atoms with Crippen LogP contribution in [0.15, 0.2) is 54.6 Å². The summed E-state index contributed by atoms with van der Waals surface area (Å²) in [4.78, 5) is 61.9. The molecule has 2 aromatic carbocycles. The van der Waals surface area contributed by atoms with Crippen molar-refractivity contribution < 1.29 is 39.3 Å². The monoisotopic (exact) mass is 571 g/mol. The SMILES string of the molecule is NCCCCC(NC(=O)C(Cc1ccc(O)cc1)NC(=O)C(N)Cc1ccccc1)C(=O)NC(CC(=O)O)C(=O)O. The molecule has 222 valence electrons. The van der Waals surface area contributed by atoms with Crippen LogP contribution in [0.5, 0.6) is 5.75 Å². The Labute approximate surface area is 237 Å². The second kappa shape index (κ2) is 16.6. The molecule has 0 bridgehead atoms. The van der Waals surface area contributed by atoms with Crippen LogP contribution >= 0.6 is 0 Å². The molecular formula is C28H37N5O8. The van der Waals surface area contributed by atoms with Gasteiger partial charge < -0.3 is 42.7 Å². The van der Waals surface area contributed by atoms with E-state index in [9.17, 15) is 34.2 Å². The number of amides is 3. The smallest absolute Gasteiger partial charge is 0.326 e. The second-order valence-electron chi connectivity index (χ2n) is 9.57. The number of carboxylic acid groups (broad SMARTS) is 2. The molecule has 10 N–H and O–H groups in total. The van der Waals surface area contributed by atoms with Crippen LogP contribution in [0, 0.1) is 0 Å². The zero-order valence-electron chi connectivity index (χ0n) is 22.5. The van der Waals surface area contributed by atoms with Gasteiger partial charge in [-0.3, -0.25) is 19.2 Å². The molecule has 0 aliphatic heterocycles. The molecule has 2 rings (SSSR count). The van der Waals surface area contributed by atoms with E-state index in [0.29, 0.717) is 24.9 Å². The van der Waals surface area contributed by atoms with E-state index >= 15 is 0 Å². The minimum atomic E-state index is -1.71. The van der Waals surface area contributed by atoms with Crippen LogP contribution in [0.25, 0.3) is 0 Å². The molecule has 13 nitrogen and oxygen atoms in total. The highest BCUT2D eigenvalue weighted by Crippen LogP contribution is 2.13. The van der Waals surface area contributed by atoms with Crippen LogP contribution in [0.1, 0.15) is 36.8 Å². The number of aliphatic carboxylic acids is 2. The normalized spacial score (nSPS) is 13.7. The van der Waals surface area contributed by atoms with Crippen molar-refractivity contribution in [2.75, 3.05) is 6.54 Å². The highest BCUT2D eigenvalue weighted by molar-refractivity contribution is 5.94. The highest BCUT2D eigenvalue weighted by Gasteiger charge is 2.31. The quantitative estimate of drug-likeness (QED) is 0.115. The molecule has 4 unspecified atom stereocenters. The average Bonchev–Trinajstić information content (AvgIpc) is 2.93. The lowest BCUT2D eigenvalue weighted by Gasteiger charge is -2.25. The Morgan fingerprint density at radius 2 is 1.27 bits per heavy atom. The van der Waals surface area contributed by atoms with E-state index < -0.39 is 60.2 Å². The molecule has 3 amide bonds. The number of nitrogens with one attached hydrogen (secondary N) is 3. The predicted molar refractivity (Wildman–Crippen MR) is 149 cm³/mol. The summed E-state index contributed by atoms with van der Waals surface area (Å²) in [6.07, 6.45) is 0.348. The van der Waals surface area contributed by atoms with Gasteiger partial charge in [0, 0.05) is 6.42 Å². The number of rotatable bonds is 17. The van der Waals surface area contributed by atoms with Crippen molar-refractivity contribution in [3.05, 3.63) is 65.7 Å². The van der Waals surface area contributed by atoms with Crippen LogP contribution in [0.2, 0.25) is 0 Å². The fourth-order valence-corrected chi connectivity index (χ4v) is 4.00. The highest BCUT2D eigenvalue weighted by atomic mass is 16.4. The van der Waals surface area contributed by atoms with E-state index in [0.717, 1.165) is 5.56 Å². The molecule has 41 heavy (non-hydrogen) atoms. The number of carbonyl (C=O) groups excluding carboxylic acids is 3. The molecule has 0 aliphatic carbocycles.